The van der Waals surface area contributed by atoms with Crippen LogP contribution >= 0.6 is 24.0 Å². The number of halogens is 2. The maximum absolute atomic E-state index is 13.3. The minimum absolute atomic E-state index is 0. The van der Waals surface area contributed by atoms with Crippen molar-refractivity contribution in [2.75, 3.05) is 33.3 Å². The van der Waals surface area contributed by atoms with E-state index in [1.165, 1.54) is 11.6 Å². The molecule has 0 aliphatic carbocycles. The number of aliphatic imine (C=N–C) groups is 1. The van der Waals surface area contributed by atoms with Gasteiger partial charge in [-0.05, 0) is 36.1 Å². The van der Waals surface area contributed by atoms with Gasteiger partial charge in [0, 0.05) is 32.6 Å². The summed E-state index contributed by atoms with van der Waals surface area (Å²) in [6.07, 6.45) is 1.88. The fourth-order valence-corrected chi connectivity index (χ4v) is 3.42. The van der Waals surface area contributed by atoms with Crippen molar-refractivity contribution in [1.29, 1.82) is 0 Å². The number of hydrogen-bond donors (Lipinski definition) is 1. The molecule has 0 radical (unpaired) electrons. The number of ether oxygens (including phenoxy) is 1. The largest absolute Gasteiger partial charge is 0.376 e. The molecule has 1 N–H and O–H groups in total. The van der Waals surface area contributed by atoms with Gasteiger partial charge in [0.2, 0.25) is 0 Å². The smallest absolute Gasteiger partial charge is 0.193 e. The van der Waals surface area contributed by atoms with E-state index in [2.05, 4.69) is 27.3 Å². The molecule has 1 atom stereocenters. The van der Waals surface area contributed by atoms with Gasteiger partial charge in [0.1, 0.15) is 5.82 Å². The molecule has 0 amide bonds. The summed E-state index contributed by atoms with van der Waals surface area (Å²) in [7, 11) is 1.81. The maximum Gasteiger partial charge on any atom is 0.193 e. The second kappa shape index (κ2) is 12.0. The number of hydrogen-bond acceptors (Lipinski definition) is 2. The molecule has 2 aromatic rings. The minimum atomic E-state index is -0.185. The fourth-order valence-electron chi connectivity index (χ4n) is 3.42. The summed E-state index contributed by atoms with van der Waals surface area (Å²) < 4.78 is 19.1. The highest BCUT2D eigenvalue weighted by Crippen LogP contribution is 2.17. The predicted molar refractivity (Wildman–Crippen MR) is 123 cm³/mol. The Morgan fingerprint density at radius 1 is 1.18 bits per heavy atom. The Balaban J connectivity index is 0.00000280. The molecule has 1 unspecified atom stereocenters. The number of nitrogens with one attached hydrogen (secondary N) is 1. The van der Waals surface area contributed by atoms with Crippen LogP contribution in [0, 0.1) is 11.7 Å². The fraction of sp³-hybridized carbons (Fsp3) is 0.409. The number of benzene rings is 2. The second-order valence-corrected chi connectivity index (χ2v) is 6.96. The summed E-state index contributed by atoms with van der Waals surface area (Å²) in [5.74, 6) is 1.25. The number of nitrogens with zero attached hydrogens (tertiary/aromatic N) is 2. The van der Waals surface area contributed by atoms with Crippen LogP contribution in [0.1, 0.15) is 17.5 Å². The monoisotopic (exact) mass is 497 g/mol. The summed E-state index contributed by atoms with van der Waals surface area (Å²) in [6, 6.07) is 17.0. The quantitative estimate of drug-likeness (QED) is 0.356. The highest BCUT2D eigenvalue weighted by Gasteiger charge is 2.24. The molecule has 4 nitrogen and oxygen atoms in total. The number of likely N-dealkylation sites (tertiary alicyclic amines) is 1. The Morgan fingerprint density at radius 2 is 1.96 bits per heavy atom. The molecule has 0 saturated carbocycles. The van der Waals surface area contributed by atoms with Crippen LogP contribution in [0.3, 0.4) is 0 Å². The molecule has 28 heavy (non-hydrogen) atoms. The standard InChI is InChI=1S/C22H28FN3O.HI/c1-24-22(25-12-10-18-8-5-9-21(23)14-18)26-13-11-20(15-26)17-27-16-19-6-3-2-4-7-19;/h2-9,14,20H,10-13,15-17H2,1H3,(H,24,25);1H. The van der Waals surface area contributed by atoms with E-state index in [1.807, 2.05) is 31.3 Å². The van der Waals surface area contributed by atoms with Crippen LogP contribution in [-0.2, 0) is 17.8 Å². The third kappa shape index (κ3) is 7.05. The minimum Gasteiger partial charge on any atom is -0.376 e. The van der Waals surface area contributed by atoms with Gasteiger partial charge in [-0.3, -0.25) is 4.99 Å². The summed E-state index contributed by atoms with van der Waals surface area (Å²) in [5, 5.41) is 3.39. The van der Waals surface area contributed by atoms with Crippen LogP contribution in [0.4, 0.5) is 4.39 Å². The van der Waals surface area contributed by atoms with Gasteiger partial charge >= 0.3 is 0 Å². The van der Waals surface area contributed by atoms with Crippen molar-refractivity contribution < 1.29 is 9.13 Å². The first-order valence-corrected chi connectivity index (χ1v) is 9.56. The molecule has 1 aliphatic rings. The van der Waals surface area contributed by atoms with Gasteiger partial charge in [-0.1, -0.05) is 42.5 Å². The van der Waals surface area contributed by atoms with Crippen molar-refractivity contribution in [3.63, 3.8) is 0 Å². The van der Waals surface area contributed by atoms with Crippen molar-refractivity contribution >= 4 is 29.9 Å². The Labute approximate surface area is 184 Å². The Morgan fingerprint density at radius 3 is 2.71 bits per heavy atom. The van der Waals surface area contributed by atoms with Crippen molar-refractivity contribution in [3.05, 3.63) is 71.5 Å². The molecular formula is C22H29FIN3O. The van der Waals surface area contributed by atoms with E-state index in [0.717, 1.165) is 50.6 Å². The first-order chi connectivity index (χ1) is 13.2. The number of guanidine groups is 1. The van der Waals surface area contributed by atoms with Crippen molar-refractivity contribution in [3.8, 4) is 0 Å². The second-order valence-electron chi connectivity index (χ2n) is 6.96. The van der Waals surface area contributed by atoms with Gasteiger partial charge in [0.15, 0.2) is 5.96 Å². The molecule has 1 aliphatic heterocycles. The summed E-state index contributed by atoms with van der Waals surface area (Å²) in [4.78, 5) is 6.68. The molecule has 0 aromatic heterocycles. The Kier molecular flexibility index (Phi) is 9.70. The molecule has 1 fully saturated rings. The van der Waals surface area contributed by atoms with E-state index >= 15 is 0 Å². The van der Waals surface area contributed by atoms with Crippen LogP contribution in [0.2, 0.25) is 0 Å². The zero-order chi connectivity index (χ0) is 18.9. The lowest BCUT2D eigenvalue weighted by molar-refractivity contribution is 0.0907. The molecule has 2 aromatic carbocycles. The van der Waals surface area contributed by atoms with Crippen molar-refractivity contribution in [1.82, 2.24) is 10.2 Å². The molecule has 0 spiro atoms. The summed E-state index contributed by atoms with van der Waals surface area (Å²) in [5.41, 5.74) is 2.20. The molecule has 6 heteroatoms. The van der Waals surface area contributed by atoms with Gasteiger partial charge in [-0.2, -0.15) is 0 Å². The average Bonchev–Trinajstić information content (AvgIpc) is 3.15. The zero-order valence-corrected chi connectivity index (χ0v) is 18.6. The number of rotatable bonds is 7. The molecule has 152 valence electrons. The Hall–Kier alpha value is -1.67. The van der Waals surface area contributed by atoms with E-state index in [-0.39, 0.29) is 29.8 Å². The third-order valence-electron chi connectivity index (χ3n) is 4.85. The highest BCUT2D eigenvalue weighted by atomic mass is 127. The lowest BCUT2D eigenvalue weighted by atomic mass is 10.1. The zero-order valence-electron chi connectivity index (χ0n) is 16.3. The normalized spacial score (nSPS) is 16.7. The Bertz CT molecular complexity index is 742. The maximum atomic E-state index is 13.3. The first kappa shape index (κ1) is 22.6. The molecule has 1 heterocycles. The van der Waals surface area contributed by atoms with Gasteiger partial charge < -0.3 is 15.0 Å². The van der Waals surface area contributed by atoms with E-state index < -0.39 is 0 Å². The molecule has 3 rings (SSSR count). The van der Waals surface area contributed by atoms with Crippen LogP contribution in [0.5, 0.6) is 0 Å². The molecular weight excluding hydrogens is 468 g/mol. The van der Waals surface area contributed by atoms with Gasteiger partial charge in [0.25, 0.3) is 0 Å². The SMILES string of the molecule is CN=C(NCCc1cccc(F)c1)N1CCC(COCc2ccccc2)C1.I. The van der Waals surface area contributed by atoms with Crippen molar-refractivity contribution in [2.45, 2.75) is 19.4 Å². The van der Waals surface area contributed by atoms with E-state index in [9.17, 15) is 4.39 Å². The average molecular weight is 497 g/mol. The van der Waals surface area contributed by atoms with Crippen LogP contribution in [0.25, 0.3) is 0 Å². The van der Waals surface area contributed by atoms with E-state index in [4.69, 9.17) is 4.74 Å². The van der Waals surface area contributed by atoms with E-state index in [0.29, 0.717) is 12.5 Å². The van der Waals surface area contributed by atoms with Crippen LogP contribution in [-0.4, -0.2) is 44.1 Å². The topological polar surface area (TPSA) is 36.9 Å². The van der Waals surface area contributed by atoms with Crippen molar-refractivity contribution in [2.24, 2.45) is 10.9 Å². The van der Waals surface area contributed by atoms with Crippen LogP contribution in [0.15, 0.2) is 59.6 Å². The lowest BCUT2D eigenvalue weighted by Gasteiger charge is -2.21. The van der Waals surface area contributed by atoms with Crippen LogP contribution < -0.4 is 5.32 Å². The molecule has 0 bridgehead atoms. The predicted octanol–water partition coefficient (Wildman–Crippen LogP) is 4.10. The summed E-state index contributed by atoms with van der Waals surface area (Å²) in [6.45, 7) is 4.11. The van der Waals surface area contributed by atoms with E-state index in [1.54, 1.807) is 12.1 Å². The third-order valence-corrected chi connectivity index (χ3v) is 4.85. The van der Waals surface area contributed by atoms with Gasteiger partial charge in [-0.15, -0.1) is 24.0 Å². The van der Waals surface area contributed by atoms with Gasteiger partial charge in [-0.25, -0.2) is 4.39 Å². The molecule has 1 saturated heterocycles. The van der Waals surface area contributed by atoms with Gasteiger partial charge in [0.05, 0.1) is 13.2 Å². The first-order valence-electron chi connectivity index (χ1n) is 9.56. The lowest BCUT2D eigenvalue weighted by Crippen LogP contribution is -2.41. The highest BCUT2D eigenvalue weighted by molar-refractivity contribution is 14.0. The summed E-state index contributed by atoms with van der Waals surface area (Å²) >= 11 is 0.